The summed E-state index contributed by atoms with van der Waals surface area (Å²) in [6.45, 7) is 9.28. The van der Waals surface area contributed by atoms with Gasteiger partial charge < -0.3 is 5.32 Å². The Balaban J connectivity index is 1.45. The van der Waals surface area contributed by atoms with Gasteiger partial charge in [0.25, 0.3) is 10.0 Å². The Kier molecular flexibility index (Phi) is 6.86. The van der Waals surface area contributed by atoms with Crippen LogP contribution in [0, 0.1) is 11.8 Å². The van der Waals surface area contributed by atoms with Gasteiger partial charge in [0, 0.05) is 17.8 Å². The number of carbonyl (C=O) groups excluding carboxylic acids is 1. The van der Waals surface area contributed by atoms with Gasteiger partial charge in [0.1, 0.15) is 11.9 Å². The summed E-state index contributed by atoms with van der Waals surface area (Å²) in [7, 11) is -3.65. The molecule has 0 aliphatic carbocycles. The quantitative estimate of drug-likeness (QED) is 0.678. The van der Waals surface area contributed by atoms with Crippen molar-refractivity contribution in [2.24, 2.45) is 16.8 Å². The molecule has 2 N–H and O–H groups in total. The van der Waals surface area contributed by atoms with Crippen LogP contribution >= 0.6 is 0 Å². The number of hydrogen-bond donors (Lipinski definition) is 2. The van der Waals surface area contributed by atoms with Gasteiger partial charge in [-0.15, -0.1) is 0 Å². The number of benzene rings is 2. The number of sulfonamides is 1. The van der Waals surface area contributed by atoms with Crippen molar-refractivity contribution < 1.29 is 13.2 Å². The van der Waals surface area contributed by atoms with Crippen molar-refractivity contribution in [2.75, 3.05) is 18.4 Å². The molecule has 7 nitrogen and oxygen atoms in total. The predicted octanol–water partition coefficient (Wildman–Crippen LogP) is 3.62. The summed E-state index contributed by atoms with van der Waals surface area (Å²) < 4.78 is 27.2. The average molecular weight is 469 g/mol. The smallest absolute Gasteiger partial charge is 0.263 e. The van der Waals surface area contributed by atoms with E-state index < -0.39 is 16.1 Å². The largest absolute Gasteiger partial charge is 0.324 e. The fraction of sp³-hybridized carbons (Fsp3) is 0.440. The number of carbonyl (C=O) groups is 1. The van der Waals surface area contributed by atoms with E-state index in [2.05, 4.69) is 26.9 Å². The van der Waals surface area contributed by atoms with E-state index >= 15 is 0 Å². The Morgan fingerprint density at radius 1 is 1.12 bits per heavy atom. The Hall–Kier alpha value is -2.71. The number of rotatable bonds is 6. The molecular formula is C25H32N4O3S. The number of hydrogen-bond acceptors (Lipinski definition) is 5. The summed E-state index contributed by atoms with van der Waals surface area (Å²) in [5.74, 6) is 0.643. The molecule has 0 aromatic heterocycles. The number of nitrogens with zero attached hydrogens (tertiary/aromatic N) is 2. The first-order valence-corrected chi connectivity index (χ1v) is 13.0. The van der Waals surface area contributed by atoms with Gasteiger partial charge in [0.15, 0.2) is 0 Å². The first-order chi connectivity index (χ1) is 15.7. The molecule has 176 valence electrons. The molecule has 1 amide bonds. The third-order valence-electron chi connectivity index (χ3n) is 6.33. The van der Waals surface area contributed by atoms with E-state index in [-0.39, 0.29) is 22.6 Å². The summed E-state index contributed by atoms with van der Waals surface area (Å²) in [4.78, 5) is 20.2. The fourth-order valence-corrected chi connectivity index (χ4v) is 5.51. The Morgan fingerprint density at radius 3 is 2.45 bits per heavy atom. The molecule has 2 aliphatic rings. The zero-order chi connectivity index (χ0) is 23.6. The summed E-state index contributed by atoms with van der Waals surface area (Å²) >= 11 is 0. The minimum absolute atomic E-state index is 0.115. The van der Waals surface area contributed by atoms with Crippen LogP contribution in [0.2, 0.25) is 0 Å². The van der Waals surface area contributed by atoms with Gasteiger partial charge in [-0.3, -0.25) is 19.4 Å². The van der Waals surface area contributed by atoms with Crippen molar-refractivity contribution in [3.63, 3.8) is 0 Å². The van der Waals surface area contributed by atoms with E-state index in [9.17, 15) is 13.2 Å². The third kappa shape index (κ3) is 5.45. The molecule has 0 spiro atoms. The Bertz CT molecular complexity index is 1130. The lowest BCUT2D eigenvalue weighted by atomic mass is 9.99. The van der Waals surface area contributed by atoms with Crippen LogP contribution in [0.15, 0.2) is 58.4 Å². The van der Waals surface area contributed by atoms with Crippen LogP contribution in [0.3, 0.4) is 0 Å². The van der Waals surface area contributed by atoms with Crippen molar-refractivity contribution in [3.8, 4) is 0 Å². The monoisotopic (exact) mass is 468 g/mol. The van der Waals surface area contributed by atoms with Crippen LogP contribution in [-0.4, -0.2) is 44.2 Å². The van der Waals surface area contributed by atoms with Crippen LogP contribution in [0.1, 0.15) is 44.7 Å². The van der Waals surface area contributed by atoms with E-state index in [0.717, 1.165) is 25.6 Å². The number of aliphatic imine (C=N–C) groups is 1. The topological polar surface area (TPSA) is 90.9 Å². The van der Waals surface area contributed by atoms with Gasteiger partial charge in [-0.25, -0.2) is 8.42 Å². The average Bonchev–Trinajstić information content (AvgIpc) is 3.05. The second-order valence-electron chi connectivity index (χ2n) is 9.41. The van der Waals surface area contributed by atoms with Crippen LogP contribution in [-0.2, 0) is 21.4 Å². The highest BCUT2D eigenvalue weighted by Gasteiger charge is 2.32. The van der Waals surface area contributed by atoms with Gasteiger partial charge >= 0.3 is 0 Å². The maximum atomic E-state index is 13.0. The minimum atomic E-state index is -3.65. The second kappa shape index (κ2) is 9.65. The van der Waals surface area contributed by atoms with Crippen LogP contribution in [0.4, 0.5) is 5.69 Å². The van der Waals surface area contributed by atoms with E-state index in [1.54, 1.807) is 18.2 Å². The van der Waals surface area contributed by atoms with E-state index in [4.69, 9.17) is 0 Å². The number of likely N-dealkylation sites (tertiary alicyclic amines) is 1. The molecule has 0 saturated carbocycles. The predicted molar refractivity (Wildman–Crippen MR) is 131 cm³/mol. The zero-order valence-electron chi connectivity index (χ0n) is 19.4. The Labute approximate surface area is 196 Å². The number of anilines is 1. The molecule has 33 heavy (non-hydrogen) atoms. The summed E-state index contributed by atoms with van der Waals surface area (Å²) in [6, 6.07) is 13.9. The van der Waals surface area contributed by atoms with Crippen molar-refractivity contribution in [1.29, 1.82) is 0 Å². The molecule has 8 heteroatoms. The van der Waals surface area contributed by atoms with Crippen molar-refractivity contribution in [3.05, 3.63) is 59.7 Å². The molecule has 1 fully saturated rings. The maximum Gasteiger partial charge on any atom is 0.263 e. The summed E-state index contributed by atoms with van der Waals surface area (Å²) in [5.41, 5.74) is 2.42. The van der Waals surface area contributed by atoms with E-state index in [1.807, 2.05) is 38.1 Å². The highest BCUT2D eigenvalue weighted by molar-refractivity contribution is 7.90. The van der Waals surface area contributed by atoms with Crippen LogP contribution in [0.25, 0.3) is 0 Å². The third-order valence-corrected chi connectivity index (χ3v) is 7.73. The summed E-state index contributed by atoms with van der Waals surface area (Å²) in [5, 5.41) is 2.94. The number of piperidine rings is 1. The molecule has 0 unspecified atom stereocenters. The van der Waals surface area contributed by atoms with Crippen LogP contribution in [0.5, 0.6) is 0 Å². The fourth-order valence-electron chi connectivity index (χ4n) is 4.27. The zero-order valence-corrected chi connectivity index (χ0v) is 20.2. The first kappa shape index (κ1) is 23.4. The van der Waals surface area contributed by atoms with Gasteiger partial charge in [-0.2, -0.15) is 0 Å². The minimum Gasteiger partial charge on any atom is -0.324 e. The normalized spacial score (nSPS) is 20.4. The number of amidine groups is 1. The lowest BCUT2D eigenvalue weighted by Crippen LogP contribution is -2.34. The van der Waals surface area contributed by atoms with Gasteiger partial charge in [-0.05, 0) is 67.6 Å². The lowest BCUT2D eigenvalue weighted by Gasteiger charge is -2.30. The maximum absolute atomic E-state index is 13.0. The molecule has 2 aromatic rings. The highest BCUT2D eigenvalue weighted by atomic mass is 32.2. The Morgan fingerprint density at radius 2 is 1.79 bits per heavy atom. The lowest BCUT2D eigenvalue weighted by molar-refractivity contribution is -0.118. The molecule has 2 aliphatic heterocycles. The second-order valence-corrected chi connectivity index (χ2v) is 11.1. The van der Waals surface area contributed by atoms with Crippen LogP contribution < -0.4 is 10.0 Å². The van der Waals surface area contributed by atoms with Gasteiger partial charge in [0.05, 0.1) is 4.90 Å². The van der Waals surface area contributed by atoms with E-state index in [1.165, 1.54) is 24.5 Å². The molecule has 1 saturated heterocycles. The summed E-state index contributed by atoms with van der Waals surface area (Å²) in [6.07, 6.45) is 2.49. The standard InChI is InChI=1S/C25H32N4O3S/c1-17(2)23(27-24-21-6-4-5-7-22(21)33(31,32)28-24)25(30)26-20-10-8-19(9-11-20)16-29-14-12-18(3)13-15-29/h4-11,17-18,23H,12-16H2,1-3H3,(H,26,30)(H,27,28)/t23-/m0/s1. The SMILES string of the molecule is CC1CCN(Cc2ccc(NC(=O)[C@@H](N=C3NS(=O)(=O)c4ccccc43)C(C)C)cc2)CC1. The molecule has 0 radical (unpaired) electrons. The number of amides is 1. The van der Waals surface area contributed by atoms with Crippen molar-refractivity contribution >= 4 is 27.5 Å². The molecule has 2 heterocycles. The molecule has 2 aromatic carbocycles. The molecular weight excluding hydrogens is 436 g/mol. The van der Waals surface area contributed by atoms with Crippen molar-refractivity contribution in [2.45, 2.75) is 51.1 Å². The van der Waals surface area contributed by atoms with Gasteiger partial charge in [0.2, 0.25) is 5.91 Å². The molecule has 1 atom stereocenters. The first-order valence-electron chi connectivity index (χ1n) is 11.5. The van der Waals surface area contributed by atoms with Gasteiger partial charge in [-0.1, -0.05) is 45.0 Å². The number of nitrogens with one attached hydrogen (secondary N) is 2. The van der Waals surface area contributed by atoms with Crippen molar-refractivity contribution in [1.82, 2.24) is 9.62 Å². The van der Waals surface area contributed by atoms with E-state index in [0.29, 0.717) is 11.3 Å². The molecule has 4 rings (SSSR count). The molecule has 0 bridgehead atoms. The highest BCUT2D eigenvalue weighted by Crippen LogP contribution is 2.24. The number of fused-ring (bicyclic) bond motifs is 1.